The van der Waals surface area contributed by atoms with E-state index in [9.17, 15) is 8.42 Å². The maximum atomic E-state index is 12.1. The Kier molecular flexibility index (Phi) is 6.67. The second-order valence-electron chi connectivity index (χ2n) is 4.91. The molecular formula is C13H25N3O3S. The van der Waals surface area contributed by atoms with Crippen LogP contribution in [0.3, 0.4) is 0 Å². The smallest absolute Gasteiger partial charge is 0.242 e. The van der Waals surface area contributed by atoms with Crippen molar-refractivity contribution in [3.8, 4) is 0 Å². The maximum absolute atomic E-state index is 12.1. The van der Waals surface area contributed by atoms with E-state index in [4.69, 9.17) is 4.74 Å². The van der Waals surface area contributed by atoms with Crippen LogP contribution in [0.5, 0.6) is 0 Å². The van der Waals surface area contributed by atoms with Gasteiger partial charge in [0.15, 0.2) is 0 Å². The van der Waals surface area contributed by atoms with Crippen LogP contribution >= 0.6 is 0 Å². The fourth-order valence-electron chi connectivity index (χ4n) is 1.68. The molecule has 2 N–H and O–H groups in total. The lowest BCUT2D eigenvalue weighted by atomic mass is 10.3. The first-order chi connectivity index (χ1) is 9.36. The van der Waals surface area contributed by atoms with Gasteiger partial charge in [0, 0.05) is 44.7 Å². The number of aromatic nitrogens is 1. The van der Waals surface area contributed by atoms with E-state index in [1.54, 1.807) is 12.3 Å². The number of hydrogen-bond acceptors (Lipinski definition) is 4. The predicted molar refractivity (Wildman–Crippen MR) is 79.1 cm³/mol. The molecule has 0 amide bonds. The lowest BCUT2D eigenvalue weighted by Gasteiger charge is -2.08. The average Bonchev–Trinajstić information content (AvgIpc) is 2.74. The zero-order chi connectivity index (χ0) is 15.2. The molecule has 0 aromatic carbocycles. The molecule has 0 spiro atoms. The van der Waals surface area contributed by atoms with Gasteiger partial charge in [-0.15, -0.1) is 0 Å². The minimum atomic E-state index is -3.46. The molecule has 20 heavy (non-hydrogen) atoms. The number of sulfonamides is 1. The summed E-state index contributed by atoms with van der Waals surface area (Å²) in [7, 11) is -1.62. The third-order valence-corrected chi connectivity index (χ3v) is 4.26. The van der Waals surface area contributed by atoms with Gasteiger partial charge in [0.25, 0.3) is 0 Å². The first kappa shape index (κ1) is 17.2. The zero-order valence-electron chi connectivity index (χ0n) is 12.6. The molecule has 1 heterocycles. The highest BCUT2D eigenvalue weighted by Crippen LogP contribution is 2.13. The summed E-state index contributed by atoms with van der Waals surface area (Å²) in [5.74, 6) is 0. The van der Waals surface area contributed by atoms with Crippen LogP contribution < -0.4 is 10.0 Å². The number of aryl methyl sites for hydroxylation is 1. The van der Waals surface area contributed by atoms with E-state index in [1.807, 2.05) is 18.5 Å². The van der Waals surface area contributed by atoms with Crippen LogP contribution in [0.25, 0.3) is 0 Å². The first-order valence-electron chi connectivity index (χ1n) is 6.83. The highest BCUT2D eigenvalue weighted by Gasteiger charge is 2.17. The third kappa shape index (κ3) is 5.24. The molecule has 0 unspecified atom stereocenters. The van der Waals surface area contributed by atoms with Crippen LogP contribution in [0.4, 0.5) is 0 Å². The van der Waals surface area contributed by atoms with Crippen LogP contribution in [-0.2, 0) is 28.4 Å². The van der Waals surface area contributed by atoms with Gasteiger partial charge in [-0.1, -0.05) is 13.8 Å². The first-order valence-corrected chi connectivity index (χ1v) is 8.31. The molecule has 0 aliphatic carbocycles. The van der Waals surface area contributed by atoms with Crippen molar-refractivity contribution >= 4 is 10.0 Å². The van der Waals surface area contributed by atoms with Gasteiger partial charge in [-0.05, 0) is 13.0 Å². The van der Waals surface area contributed by atoms with Gasteiger partial charge in [0.1, 0.15) is 0 Å². The summed E-state index contributed by atoms with van der Waals surface area (Å²) in [4.78, 5) is 0.289. The third-order valence-electron chi connectivity index (χ3n) is 2.83. The van der Waals surface area contributed by atoms with Gasteiger partial charge in [0.2, 0.25) is 10.0 Å². The predicted octanol–water partition coefficient (Wildman–Crippen LogP) is 0.838. The van der Waals surface area contributed by atoms with Crippen LogP contribution in [0.15, 0.2) is 17.2 Å². The highest BCUT2D eigenvalue weighted by atomic mass is 32.2. The second-order valence-corrected chi connectivity index (χ2v) is 6.68. The van der Waals surface area contributed by atoms with Crippen LogP contribution in [-0.4, -0.2) is 38.8 Å². The Morgan fingerprint density at radius 2 is 2.10 bits per heavy atom. The standard InChI is InChI=1S/C13H25N3O3S/c1-5-19-7-6-15-20(17,18)13-8-12(16(4)10-13)9-14-11(2)3/h8,10-11,14-15H,5-7,9H2,1-4H3. The lowest BCUT2D eigenvalue weighted by molar-refractivity contribution is 0.153. The summed E-state index contributed by atoms with van der Waals surface area (Å²) in [6.07, 6.45) is 1.63. The summed E-state index contributed by atoms with van der Waals surface area (Å²) in [5.41, 5.74) is 0.934. The quantitative estimate of drug-likeness (QED) is 0.663. The largest absolute Gasteiger partial charge is 0.380 e. The summed E-state index contributed by atoms with van der Waals surface area (Å²) < 4.78 is 33.7. The molecule has 0 fully saturated rings. The van der Waals surface area contributed by atoms with E-state index in [0.29, 0.717) is 25.8 Å². The molecule has 1 aromatic heterocycles. The van der Waals surface area contributed by atoms with Gasteiger partial charge in [0.05, 0.1) is 11.5 Å². The van der Waals surface area contributed by atoms with E-state index >= 15 is 0 Å². The summed E-state index contributed by atoms with van der Waals surface area (Å²) >= 11 is 0. The monoisotopic (exact) mass is 303 g/mol. The molecule has 7 heteroatoms. The molecule has 0 atom stereocenters. The minimum Gasteiger partial charge on any atom is -0.380 e. The number of rotatable bonds is 9. The van der Waals surface area contributed by atoms with Crippen molar-refractivity contribution in [2.45, 2.75) is 38.3 Å². The minimum absolute atomic E-state index is 0.282. The Morgan fingerprint density at radius 3 is 2.70 bits per heavy atom. The molecule has 0 aliphatic heterocycles. The summed E-state index contributed by atoms with van der Waals surface area (Å²) in [6, 6.07) is 2.05. The Hall–Kier alpha value is -0.890. The summed E-state index contributed by atoms with van der Waals surface area (Å²) in [5, 5.41) is 3.27. The van der Waals surface area contributed by atoms with Crippen LogP contribution in [0.1, 0.15) is 26.5 Å². The van der Waals surface area contributed by atoms with E-state index in [2.05, 4.69) is 23.9 Å². The van der Waals surface area contributed by atoms with Crippen molar-refractivity contribution < 1.29 is 13.2 Å². The highest BCUT2D eigenvalue weighted by molar-refractivity contribution is 7.89. The fraction of sp³-hybridized carbons (Fsp3) is 0.692. The van der Waals surface area contributed by atoms with Gasteiger partial charge in [-0.3, -0.25) is 0 Å². The van der Waals surface area contributed by atoms with Gasteiger partial charge < -0.3 is 14.6 Å². The SMILES string of the molecule is CCOCCNS(=O)(=O)c1cc(CNC(C)C)n(C)c1. The molecule has 0 aliphatic rings. The molecule has 116 valence electrons. The van der Waals surface area contributed by atoms with Crippen molar-refractivity contribution in [1.82, 2.24) is 14.6 Å². The molecule has 1 aromatic rings. The molecule has 0 bridgehead atoms. The van der Waals surface area contributed by atoms with E-state index < -0.39 is 10.0 Å². The van der Waals surface area contributed by atoms with Crippen molar-refractivity contribution in [2.75, 3.05) is 19.8 Å². The number of nitrogens with zero attached hydrogens (tertiary/aromatic N) is 1. The fourth-order valence-corrected chi connectivity index (χ4v) is 2.79. The molecule has 0 radical (unpaired) electrons. The molecule has 0 saturated heterocycles. The Labute approximate surface area is 121 Å². The number of ether oxygens (including phenoxy) is 1. The normalized spacial score (nSPS) is 12.2. The second kappa shape index (κ2) is 7.78. The van der Waals surface area contributed by atoms with E-state index in [0.717, 1.165) is 5.69 Å². The van der Waals surface area contributed by atoms with Crippen molar-refractivity contribution in [2.24, 2.45) is 7.05 Å². The van der Waals surface area contributed by atoms with Gasteiger partial charge in [-0.2, -0.15) is 0 Å². The van der Waals surface area contributed by atoms with Gasteiger partial charge in [-0.25, -0.2) is 13.1 Å². The number of hydrogen-bond donors (Lipinski definition) is 2. The molecule has 1 rings (SSSR count). The topological polar surface area (TPSA) is 72.4 Å². The Bertz CT molecular complexity index is 509. The van der Waals surface area contributed by atoms with Crippen LogP contribution in [0, 0.1) is 0 Å². The molecule has 6 nitrogen and oxygen atoms in total. The van der Waals surface area contributed by atoms with Crippen molar-refractivity contribution in [3.05, 3.63) is 18.0 Å². The Morgan fingerprint density at radius 1 is 1.40 bits per heavy atom. The zero-order valence-corrected chi connectivity index (χ0v) is 13.5. The van der Waals surface area contributed by atoms with Crippen molar-refractivity contribution in [3.63, 3.8) is 0 Å². The Balaban J connectivity index is 2.68. The van der Waals surface area contributed by atoms with E-state index in [-0.39, 0.29) is 11.4 Å². The van der Waals surface area contributed by atoms with E-state index in [1.165, 1.54) is 0 Å². The van der Waals surface area contributed by atoms with Crippen LogP contribution in [0.2, 0.25) is 0 Å². The molecular weight excluding hydrogens is 278 g/mol. The summed E-state index contributed by atoms with van der Waals surface area (Å²) in [6.45, 7) is 7.86. The van der Waals surface area contributed by atoms with Crippen molar-refractivity contribution in [1.29, 1.82) is 0 Å². The maximum Gasteiger partial charge on any atom is 0.242 e. The van der Waals surface area contributed by atoms with Gasteiger partial charge >= 0.3 is 0 Å². The number of nitrogens with one attached hydrogen (secondary N) is 2. The lowest BCUT2D eigenvalue weighted by Crippen LogP contribution is -2.27. The average molecular weight is 303 g/mol. The molecule has 0 saturated carbocycles.